The van der Waals surface area contributed by atoms with Gasteiger partial charge in [0.2, 0.25) is 0 Å². The summed E-state index contributed by atoms with van der Waals surface area (Å²) in [6, 6.07) is 21.4. The Labute approximate surface area is 93.9 Å². The highest BCUT2D eigenvalue weighted by Crippen LogP contribution is 2.21. The maximum atomic E-state index is 8.00. The fraction of sp³-hybridized carbons (Fsp3) is 0. The van der Waals surface area contributed by atoms with Crippen LogP contribution in [-0.2, 0) is 0 Å². The first-order chi connectivity index (χ1) is 7.93. The Morgan fingerprint density at radius 1 is 0.562 bits per heavy atom. The van der Waals surface area contributed by atoms with Gasteiger partial charge in [0.25, 0.3) is 0 Å². The molecule has 0 saturated heterocycles. The summed E-state index contributed by atoms with van der Waals surface area (Å²) in [6.07, 6.45) is 0. The van der Waals surface area contributed by atoms with Gasteiger partial charge in [-0.3, -0.25) is 0 Å². The minimum absolute atomic E-state index is 1.31. The van der Waals surface area contributed by atoms with E-state index in [0.29, 0.717) is 0 Å². The lowest BCUT2D eigenvalue weighted by molar-refractivity contribution is -0.275. The van der Waals surface area contributed by atoms with Crippen molar-refractivity contribution in [3.8, 4) is 0 Å². The molecule has 0 aliphatic carbocycles. The Hall–Kier alpha value is -1.90. The number of fused-ring (bicyclic) bond motifs is 2. The van der Waals surface area contributed by atoms with Gasteiger partial charge in [0.05, 0.1) is 0 Å². The maximum Gasteiger partial charge on any atom is -0.0178 e. The standard InChI is InChI=1S/C14H10.H3NO/c1-2-6-12-10-14-8-4-3-7-13(14)9-11(12)5-1;1-2/h1-10H;1H3. The molecule has 0 fully saturated rings. The lowest BCUT2D eigenvalue weighted by atomic mass is 10.0. The van der Waals surface area contributed by atoms with Crippen LogP contribution in [0.25, 0.3) is 21.5 Å². The highest BCUT2D eigenvalue weighted by atomic mass is 16.4. The van der Waals surface area contributed by atoms with Crippen LogP contribution in [0.15, 0.2) is 60.7 Å². The van der Waals surface area contributed by atoms with E-state index in [9.17, 15) is 0 Å². The molecule has 0 amide bonds. The first kappa shape index (κ1) is 10.6. The lowest BCUT2D eigenvalue weighted by Crippen LogP contribution is -2.37. The molecule has 2 heteroatoms. The number of benzene rings is 3. The molecule has 0 spiro atoms. The highest BCUT2D eigenvalue weighted by Gasteiger charge is 1.95. The molecule has 2 nitrogen and oxygen atoms in total. The first-order valence-electron chi connectivity index (χ1n) is 5.10. The van der Waals surface area contributed by atoms with Crippen LogP contribution < -0.4 is 5.90 Å². The van der Waals surface area contributed by atoms with E-state index in [2.05, 4.69) is 60.7 Å². The van der Waals surface area contributed by atoms with Crippen LogP contribution in [0.2, 0.25) is 0 Å². The molecule has 0 unspecified atom stereocenters. The zero-order valence-electron chi connectivity index (χ0n) is 8.89. The van der Waals surface area contributed by atoms with Gasteiger partial charge in [-0.05, 0) is 33.7 Å². The molecule has 16 heavy (non-hydrogen) atoms. The Morgan fingerprint density at radius 2 is 0.812 bits per heavy atom. The fourth-order valence-corrected chi connectivity index (χ4v) is 1.88. The van der Waals surface area contributed by atoms with Gasteiger partial charge in [-0.25, -0.2) is 0 Å². The molecule has 3 rings (SSSR count). The monoisotopic (exact) mass is 211 g/mol. The van der Waals surface area contributed by atoms with E-state index in [1.54, 1.807) is 0 Å². The molecule has 0 aliphatic heterocycles. The molecule has 80 valence electrons. The smallest absolute Gasteiger partial charge is 0.0178 e. The van der Waals surface area contributed by atoms with Gasteiger partial charge in [0.15, 0.2) is 0 Å². The SMILES string of the molecule is [NH3+][O-].c1ccc2cc3ccccc3cc2c1. The normalized spacial score (nSPS) is 9.88. The van der Waals surface area contributed by atoms with Crippen molar-refractivity contribution in [2.24, 2.45) is 0 Å². The molecular formula is C14H13NO. The van der Waals surface area contributed by atoms with Crippen molar-refractivity contribution in [3.63, 3.8) is 0 Å². The number of hydrogen-bond acceptors (Lipinski definition) is 1. The lowest BCUT2D eigenvalue weighted by Gasteiger charge is -2.00. The molecule has 0 radical (unpaired) electrons. The molecule has 0 aromatic heterocycles. The first-order valence-corrected chi connectivity index (χ1v) is 5.10. The Kier molecular flexibility index (Phi) is 3.15. The van der Waals surface area contributed by atoms with Crippen LogP contribution in [-0.4, -0.2) is 0 Å². The maximum absolute atomic E-state index is 8.00. The van der Waals surface area contributed by atoms with Crippen molar-refractivity contribution >= 4 is 21.5 Å². The van der Waals surface area contributed by atoms with Crippen molar-refractivity contribution in [1.29, 1.82) is 0 Å². The predicted octanol–water partition coefficient (Wildman–Crippen LogP) is 2.72. The largest absolute Gasteiger partial charge is 0.637 e. The number of rotatable bonds is 0. The van der Waals surface area contributed by atoms with Crippen molar-refractivity contribution in [1.82, 2.24) is 0 Å². The van der Waals surface area contributed by atoms with E-state index < -0.39 is 0 Å². The quantitative estimate of drug-likeness (QED) is 0.451. The summed E-state index contributed by atoms with van der Waals surface area (Å²) in [5, 5.41) is 13.2. The van der Waals surface area contributed by atoms with Crippen LogP contribution >= 0.6 is 0 Å². The molecule has 3 aromatic carbocycles. The van der Waals surface area contributed by atoms with Crippen molar-refractivity contribution in [2.75, 3.05) is 0 Å². The summed E-state index contributed by atoms with van der Waals surface area (Å²) in [7, 11) is 0. The molecule has 0 aliphatic rings. The van der Waals surface area contributed by atoms with E-state index in [1.165, 1.54) is 21.5 Å². The van der Waals surface area contributed by atoms with Crippen LogP contribution in [0, 0.1) is 5.21 Å². The Morgan fingerprint density at radius 3 is 1.06 bits per heavy atom. The molecule has 0 heterocycles. The Balaban J connectivity index is 0.000000457. The van der Waals surface area contributed by atoms with Gasteiger partial charge in [0.1, 0.15) is 0 Å². The fourth-order valence-electron chi connectivity index (χ4n) is 1.88. The molecular weight excluding hydrogens is 198 g/mol. The second-order valence-electron chi connectivity index (χ2n) is 3.55. The zero-order valence-corrected chi connectivity index (χ0v) is 8.89. The summed E-state index contributed by atoms with van der Waals surface area (Å²) in [5.74, 6) is 2.00. The second kappa shape index (κ2) is 4.75. The van der Waals surface area contributed by atoms with Crippen LogP contribution in [0.4, 0.5) is 0 Å². The summed E-state index contributed by atoms with van der Waals surface area (Å²) in [4.78, 5) is 0. The zero-order chi connectivity index (χ0) is 11.4. The average molecular weight is 211 g/mol. The third-order valence-electron chi connectivity index (χ3n) is 2.61. The van der Waals surface area contributed by atoms with Gasteiger partial charge >= 0.3 is 0 Å². The van der Waals surface area contributed by atoms with Gasteiger partial charge in [-0.15, -0.1) is 0 Å². The topological polar surface area (TPSA) is 50.7 Å². The van der Waals surface area contributed by atoms with Crippen LogP contribution in [0.3, 0.4) is 0 Å². The molecule has 0 bridgehead atoms. The van der Waals surface area contributed by atoms with E-state index in [1.807, 2.05) is 5.90 Å². The third kappa shape index (κ3) is 1.89. The number of hydrogen-bond donors (Lipinski definition) is 1. The van der Waals surface area contributed by atoms with E-state index in [4.69, 9.17) is 5.21 Å². The van der Waals surface area contributed by atoms with Crippen LogP contribution in [0.5, 0.6) is 0 Å². The highest BCUT2D eigenvalue weighted by molar-refractivity contribution is 5.97. The summed E-state index contributed by atoms with van der Waals surface area (Å²) < 4.78 is 0. The van der Waals surface area contributed by atoms with E-state index in [-0.39, 0.29) is 0 Å². The predicted molar refractivity (Wildman–Crippen MR) is 67.7 cm³/mol. The third-order valence-corrected chi connectivity index (χ3v) is 2.61. The molecule has 0 atom stereocenters. The van der Waals surface area contributed by atoms with Crippen LogP contribution in [0.1, 0.15) is 0 Å². The molecule has 3 aromatic rings. The van der Waals surface area contributed by atoms with Gasteiger partial charge < -0.3 is 11.1 Å². The van der Waals surface area contributed by atoms with Gasteiger partial charge in [0, 0.05) is 0 Å². The van der Waals surface area contributed by atoms with E-state index in [0.717, 1.165) is 0 Å². The van der Waals surface area contributed by atoms with Crippen molar-refractivity contribution in [2.45, 2.75) is 0 Å². The average Bonchev–Trinajstić information content (AvgIpc) is 2.38. The minimum atomic E-state index is 1.31. The Bertz CT molecular complexity index is 499. The summed E-state index contributed by atoms with van der Waals surface area (Å²) in [5.41, 5.74) is 0. The van der Waals surface area contributed by atoms with Crippen molar-refractivity contribution in [3.05, 3.63) is 65.9 Å². The van der Waals surface area contributed by atoms with Gasteiger partial charge in [-0.1, -0.05) is 48.5 Å². The molecule has 0 saturated carbocycles. The minimum Gasteiger partial charge on any atom is -0.637 e. The van der Waals surface area contributed by atoms with Crippen molar-refractivity contribution < 1.29 is 5.90 Å². The van der Waals surface area contributed by atoms with E-state index >= 15 is 0 Å². The summed E-state index contributed by atoms with van der Waals surface area (Å²) in [6.45, 7) is 0. The summed E-state index contributed by atoms with van der Waals surface area (Å²) >= 11 is 0. The van der Waals surface area contributed by atoms with Gasteiger partial charge in [-0.2, -0.15) is 0 Å². The second-order valence-corrected chi connectivity index (χ2v) is 3.55. The number of quaternary nitrogens is 1. The molecule has 3 N–H and O–H groups in total.